The summed E-state index contributed by atoms with van der Waals surface area (Å²) in [4.78, 5) is 37.3. The maximum atomic E-state index is 12.8. The van der Waals surface area contributed by atoms with E-state index < -0.39 is 17.0 Å². The molecule has 0 saturated carbocycles. The van der Waals surface area contributed by atoms with Crippen LogP contribution in [0.5, 0.6) is 0 Å². The van der Waals surface area contributed by atoms with Crippen molar-refractivity contribution in [3.8, 4) is 0 Å². The van der Waals surface area contributed by atoms with E-state index in [9.17, 15) is 14.4 Å². The van der Waals surface area contributed by atoms with E-state index in [0.717, 1.165) is 11.1 Å². The predicted octanol–water partition coefficient (Wildman–Crippen LogP) is 3.75. The van der Waals surface area contributed by atoms with Crippen LogP contribution in [0.25, 0.3) is 21.9 Å². The third-order valence-corrected chi connectivity index (χ3v) is 4.26. The zero-order valence-electron chi connectivity index (χ0n) is 14.2. The van der Waals surface area contributed by atoms with Crippen molar-refractivity contribution in [1.82, 2.24) is 0 Å². The van der Waals surface area contributed by atoms with Crippen LogP contribution in [0.3, 0.4) is 0 Å². The monoisotopic (exact) mass is 346 g/mol. The first-order valence-electron chi connectivity index (χ1n) is 8.06. The molecule has 0 saturated heterocycles. The van der Waals surface area contributed by atoms with Crippen molar-refractivity contribution in [2.75, 3.05) is 0 Å². The molecule has 0 bridgehead atoms. The van der Waals surface area contributed by atoms with Crippen LogP contribution in [0.2, 0.25) is 0 Å². The molecule has 4 aromatic rings. The molecule has 5 heteroatoms. The molecule has 0 atom stereocenters. The topological polar surface area (TPSA) is 77.5 Å². The summed E-state index contributed by atoms with van der Waals surface area (Å²) in [7, 11) is 0. The van der Waals surface area contributed by atoms with Crippen molar-refractivity contribution in [2.24, 2.45) is 0 Å². The van der Waals surface area contributed by atoms with Gasteiger partial charge < -0.3 is 8.83 Å². The Morgan fingerprint density at radius 3 is 1.54 bits per heavy atom. The largest absolute Gasteiger partial charge is 0.422 e. The molecule has 0 aliphatic heterocycles. The van der Waals surface area contributed by atoms with E-state index in [-0.39, 0.29) is 11.1 Å². The molecule has 26 heavy (non-hydrogen) atoms. The molecule has 5 nitrogen and oxygen atoms in total. The summed E-state index contributed by atoms with van der Waals surface area (Å²) < 4.78 is 10.5. The van der Waals surface area contributed by atoms with Gasteiger partial charge in [0.15, 0.2) is 0 Å². The minimum absolute atomic E-state index is 0.192. The lowest BCUT2D eigenvalue weighted by Gasteiger charge is -2.04. The van der Waals surface area contributed by atoms with Crippen molar-refractivity contribution in [2.45, 2.75) is 13.8 Å². The summed E-state index contributed by atoms with van der Waals surface area (Å²) in [6, 6.07) is 13.5. The number of ketones is 1. The molecule has 0 unspecified atom stereocenters. The molecular formula is C21H14O5. The molecule has 0 spiro atoms. The van der Waals surface area contributed by atoms with E-state index in [1.165, 1.54) is 12.1 Å². The number of fused-ring (bicyclic) bond motifs is 2. The van der Waals surface area contributed by atoms with Gasteiger partial charge in [-0.25, -0.2) is 9.59 Å². The van der Waals surface area contributed by atoms with Crippen LogP contribution in [0, 0.1) is 13.8 Å². The van der Waals surface area contributed by atoms with Gasteiger partial charge in [0.25, 0.3) is 0 Å². The van der Waals surface area contributed by atoms with Crippen molar-refractivity contribution in [3.05, 3.63) is 91.6 Å². The van der Waals surface area contributed by atoms with E-state index in [0.29, 0.717) is 21.9 Å². The van der Waals surface area contributed by atoms with E-state index in [1.807, 2.05) is 26.0 Å². The zero-order chi connectivity index (χ0) is 18.4. The van der Waals surface area contributed by atoms with Crippen LogP contribution in [0.1, 0.15) is 27.0 Å². The number of carbonyl (C=O) groups is 1. The van der Waals surface area contributed by atoms with Crippen LogP contribution in [-0.4, -0.2) is 5.78 Å². The maximum Gasteiger partial charge on any atom is 0.347 e. The first kappa shape index (κ1) is 16.0. The third kappa shape index (κ3) is 2.63. The lowest BCUT2D eigenvalue weighted by Crippen LogP contribution is -2.20. The number of aryl methyl sites for hydroxylation is 2. The van der Waals surface area contributed by atoms with Crippen LogP contribution in [0.4, 0.5) is 0 Å². The predicted molar refractivity (Wildman–Crippen MR) is 97.9 cm³/mol. The van der Waals surface area contributed by atoms with Crippen molar-refractivity contribution in [3.63, 3.8) is 0 Å². The fourth-order valence-electron chi connectivity index (χ4n) is 2.95. The Morgan fingerprint density at radius 2 is 1.12 bits per heavy atom. The fraction of sp³-hybridized carbons (Fsp3) is 0.0952. The minimum atomic E-state index is -0.782. The van der Waals surface area contributed by atoms with E-state index >= 15 is 0 Å². The highest BCUT2D eigenvalue weighted by Crippen LogP contribution is 2.19. The number of hydrogen-bond acceptors (Lipinski definition) is 5. The standard InChI is InChI=1S/C21H14O5/c1-11-3-5-17-13(7-11)9-15(20(23)25-17)19(22)16-10-14-8-12(2)4-6-18(14)26-21(16)24/h3-10H,1-2H3. The van der Waals surface area contributed by atoms with Crippen LogP contribution >= 0.6 is 0 Å². The SMILES string of the molecule is Cc1ccc2oc(=O)c(C(=O)c3cc4cc(C)ccc4oc3=O)cc2c1. The quantitative estimate of drug-likeness (QED) is 0.408. The Morgan fingerprint density at radius 1 is 0.692 bits per heavy atom. The first-order valence-corrected chi connectivity index (χ1v) is 8.06. The van der Waals surface area contributed by atoms with Gasteiger partial charge in [-0.2, -0.15) is 0 Å². The second-order valence-corrected chi connectivity index (χ2v) is 6.31. The number of carbonyl (C=O) groups excluding carboxylic acids is 1. The lowest BCUT2D eigenvalue weighted by molar-refractivity contribution is 0.103. The maximum absolute atomic E-state index is 12.8. The summed E-state index contributed by atoms with van der Waals surface area (Å²) in [5.41, 5.74) is 0.752. The van der Waals surface area contributed by atoms with Crippen molar-refractivity contribution >= 4 is 27.7 Å². The highest BCUT2D eigenvalue weighted by Gasteiger charge is 2.20. The second kappa shape index (κ2) is 5.81. The molecule has 0 amide bonds. The van der Waals surface area contributed by atoms with Crippen LogP contribution in [-0.2, 0) is 0 Å². The van der Waals surface area contributed by atoms with E-state index in [2.05, 4.69) is 0 Å². The van der Waals surface area contributed by atoms with Gasteiger partial charge in [0, 0.05) is 10.8 Å². The summed E-state index contributed by atoms with van der Waals surface area (Å²) in [5.74, 6) is -0.709. The molecular weight excluding hydrogens is 332 g/mol. The summed E-state index contributed by atoms with van der Waals surface area (Å²) in [6.07, 6.45) is 0. The highest BCUT2D eigenvalue weighted by atomic mass is 16.4. The number of rotatable bonds is 2. The summed E-state index contributed by atoms with van der Waals surface area (Å²) in [5, 5.41) is 1.24. The minimum Gasteiger partial charge on any atom is -0.422 e. The molecule has 0 aliphatic rings. The van der Waals surface area contributed by atoms with Gasteiger partial charge in [-0.1, -0.05) is 23.3 Å². The lowest BCUT2D eigenvalue weighted by atomic mass is 10.0. The smallest absolute Gasteiger partial charge is 0.347 e. The highest BCUT2D eigenvalue weighted by molar-refractivity contribution is 6.10. The molecule has 0 N–H and O–H groups in total. The van der Waals surface area contributed by atoms with Gasteiger partial charge in [-0.15, -0.1) is 0 Å². The van der Waals surface area contributed by atoms with E-state index in [1.54, 1.807) is 24.3 Å². The molecule has 4 rings (SSSR count). The van der Waals surface area contributed by atoms with Gasteiger partial charge >= 0.3 is 11.3 Å². The first-order chi connectivity index (χ1) is 12.4. The van der Waals surface area contributed by atoms with Gasteiger partial charge in [-0.3, -0.25) is 4.79 Å². The van der Waals surface area contributed by atoms with Gasteiger partial charge in [0.1, 0.15) is 22.3 Å². The van der Waals surface area contributed by atoms with E-state index in [4.69, 9.17) is 8.83 Å². The molecule has 128 valence electrons. The van der Waals surface area contributed by atoms with Gasteiger partial charge in [-0.05, 0) is 50.2 Å². The average Bonchev–Trinajstić information content (AvgIpc) is 2.60. The molecule has 0 fully saturated rings. The summed E-state index contributed by atoms with van der Waals surface area (Å²) in [6.45, 7) is 3.79. The number of hydrogen-bond donors (Lipinski definition) is 0. The van der Waals surface area contributed by atoms with Gasteiger partial charge in [0.2, 0.25) is 5.78 Å². The Bertz CT molecular complexity index is 1210. The van der Waals surface area contributed by atoms with Crippen molar-refractivity contribution in [1.29, 1.82) is 0 Å². The molecule has 2 aromatic heterocycles. The zero-order valence-corrected chi connectivity index (χ0v) is 14.2. The molecule has 0 aliphatic carbocycles. The summed E-state index contributed by atoms with van der Waals surface area (Å²) >= 11 is 0. The Hall–Kier alpha value is -3.47. The number of benzene rings is 2. The Kier molecular flexibility index (Phi) is 3.58. The average molecular weight is 346 g/mol. The van der Waals surface area contributed by atoms with Gasteiger partial charge in [0.05, 0.1) is 0 Å². The Labute approximate surface area is 147 Å². The fourth-order valence-corrected chi connectivity index (χ4v) is 2.95. The van der Waals surface area contributed by atoms with Crippen LogP contribution < -0.4 is 11.3 Å². The second-order valence-electron chi connectivity index (χ2n) is 6.31. The van der Waals surface area contributed by atoms with Crippen molar-refractivity contribution < 1.29 is 13.6 Å². The normalized spacial score (nSPS) is 11.2. The Balaban J connectivity index is 1.92. The molecule has 0 radical (unpaired) electrons. The van der Waals surface area contributed by atoms with Crippen LogP contribution in [0.15, 0.2) is 67.0 Å². The third-order valence-electron chi connectivity index (χ3n) is 4.26. The molecule has 2 heterocycles. The molecule has 2 aromatic carbocycles.